The summed E-state index contributed by atoms with van der Waals surface area (Å²) in [7, 11) is 1.76. The number of hydrogen-bond donors (Lipinski definition) is 1. The molecule has 1 amide bonds. The van der Waals surface area contributed by atoms with Gasteiger partial charge >= 0.3 is 0 Å². The largest absolute Gasteiger partial charge is 0.396 e. The number of amides is 1. The van der Waals surface area contributed by atoms with Crippen molar-refractivity contribution in [3.8, 4) is 0 Å². The van der Waals surface area contributed by atoms with Crippen molar-refractivity contribution in [2.75, 3.05) is 20.2 Å². The van der Waals surface area contributed by atoms with Crippen molar-refractivity contribution in [1.82, 2.24) is 4.90 Å². The van der Waals surface area contributed by atoms with Crippen LogP contribution in [0.1, 0.15) is 19.8 Å². The Balaban J connectivity index is 0. The highest BCUT2D eigenvalue weighted by Gasteiger charge is 1.99. The molecule has 0 heterocycles. The van der Waals surface area contributed by atoms with Crippen molar-refractivity contribution in [1.29, 1.82) is 0 Å². The summed E-state index contributed by atoms with van der Waals surface area (Å²) in [5.41, 5.74) is 0. The minimum absolute atomic E-state index is 0. The first-order valence-electron chi connectivity index (χ1n) is 3.51. The molecule has 0 saturated heterocycles. The summed E-state index contributed by atoms with van der Waals surface area (Å²) >= 11 is 0. The quantitative estimate of drug-likeness (QED) is 0.648. The van der Waals surface area contributed by atoms with Crippen molar-refractivity contribution in [3.05, 3.63) is 0 Å². The van der Waals surface area contributed by atoms with Crippen LogP contribution in [0, 0.1) is 0 Å². The maximum absolute atomic E-state index is 10.6. The standard InChI is InChI=1S/C7H15NO2.ClH/c1-7(10)8(2)5-3-4-6-9;/h9H,3-6H2,1-2H3;1H. The number of rotatable bonds is 4. The third-order valence-electron chi connectivity index (χ3n) is 1.44. The molecule has 0 aliphatic heterocycles. The molecule has 0 aromatic heterocycles. The monoisotopic (exact) mass is 181 g/mol. The predicted octanol–water partition coefficient (Wildman–Crippen LogP) is 0.659. The normalized spacial score (nSPS) is 8.64. The first-order chi connectivity index (χ1) is 4.68. The zero-order valence-corrected chi connectivity index (χ0v) is 7.86. The van der Waals surface area contributed by atoms with Crippen molar-refractivity contribution < 1.29 is 9.90 Å². The van der Waals surface area contributed by atoms with Crippen LogP contribution < -0.4 is 0 Å². The van der Waals surface area contributed by atoms with Crippen LogP contribution in [0.15, 0.2) is 0 Å². The second-order valence-corrected chi connectivity index (χ2v) is 2.37. The van der Waals surface area contributed by atoms with Gasteiger partial charge in [-0.2, -0.15) is 0 Å². The Morgan fingerprint density at radius 1 is 1.45 bits per heavy atom. The van der Waals surface area contributed by atoms with Crippen LogP contribution in [0.25, 0.3) is 0 Å². The number of aliphatic hydroxyl groups is 1. The molecule has 0 spiro atoms. The lowest BCUT2D eigenvalue weighted by Gasteiger charge is -2.13. The SMILES string of the molecule is CC(=O)N(C)CCCCO.Cl. The van der Waals surface area contributed by atoms with Gasteiger partial charge in [0.25, 0.3) is 0 Å². The van der Waals surface area contributed by atoms with Crippen LogP contribution in [-0.2, 0) is 4.79 Å². The van der Waals surface area contributed by atoms with Gasteiger partial charge < -0.3 is 10.0 Å². The van der Waals surface area contributed by atoms with Gasteiger partial charge in [-0.1, -0.05) is 0 Å². The topological polar surface area (TPSA) is 40.5 Å². The van der Waals surface area contributed by atoms with Crippen LogP contribution in [-0.4, -0.2) is 36.1 Å². The van der Waals surface area contributed by atoms with E-state index >= 15 is 0 Å². The lowest BCUT2D eigenvalue weighted by molar-refractivity contribution is -0.127. The smallest absolute Gasteiger partial charge is 0.219 e. The van der Waals surface area contributed by atoms with Crippen LogP contribution in [0.4, 0.5) is 0 Å². The first kappa shape index (κ1) is 13.3. The van der Waals surface area contributed by atoms with Crippen LogP contribution >= 0.6 is 12.4 Å². The number of carbonyl (C=O) groups excluding carboxylic acids is 1. The average molecular weight is 182 g/mol. The Kier molecular flexibility index (Phi) is 9.47. The van der Waals surface area contributed by atoms with Gasteiger partial charge in [0.2, 0.25) is 5.91 Å². The second kappa shape index (κ2) is 7.82. The summed E-state index contributed by atoms with van der Waals surface area (Å²) in [6.07, 6.45) is 1.66. The molecular formula is C7H16ClNO2. The van der Waals surface area contributed by atoms with Crippen molar-refractivity contribution in [2.24, 2.45) is 0 Å². The Labute approximate surface area is 73.8 Å². The van der Waals surface area contributed by atoms with Gasteiger partial charge in [0.15, 0.2) is 0 Å². The molecule has 0 aromatic rings. The summed E-state index contributed by atoms with van der Waals surface area (Å²) < 4.78 is 0. The maximum atomic E-state index is 10.6. The van der Waals surface area contributed by atoms with Gasteiger partial charge in [-0.25, -0.2) is 0 Å². The number of carbonyl (C=O) groups is 1. The Morgan fingerprint density at radius 3 is 2.36 bits per heavy atom. The van der Waals surface area contributed by atoms with E-state index in [2.05, 4.69) is 0 Å². The minimum atomic E-state index is 0. The molecular weight excluding hydrogens is 166 g/mol. The van der Waals surface area contributed by atoms with E-state index in [0.717, 1.165) is 19.4 Å². The van der Waals surface area contributed by atoms with Gasteiger partial charge in [0, 0.05) is 27.1 Å². The van der Waals surface area contributed by atoms with E-state index in [4.69, 9.17) is 5.11 Å². The fourth-order valence-corrected chi connectivity index (χ4v) is 0.618. The summed E-state index contributed by atoms with van der Waals surface area (Å²) in [6.45, 7) is 2.50. The zero-order chi connectivity index (χ0) is 7.98. The van der Waals surface area contributed by atoms with E-state index in [1.54, 1.807) is 18.9 Å². The van der Waals surface area contributed by atoms with E-state index in [1.807, 2.05) is 0 Å². The van der Waals surface area contributed by atoms with E-state index in [9.17, 15) is 4.79 Å². The maximum Gasteiger partial charge on any atom is 0.219 e. The number of unbranched alkanes of at least 4 members (excludes halogenated alkanes) is 1. The average Bonchev–Trinajstić information content (AvgIpc) is 1.88. The molecule has 0 saturated carbocycles. The third-order valence-corrected chi connectivity index (χ3v) is 1.44. The summed E-state index contributed by atoms with van der Waals surface area (Å²) in [5, 5.41) is 8.41. The van der Waals surface area contributed by atoms with Crippen molar-refractivity contribution in [2.45, 2.75) is 19.8 Å². The molecule has 0 radical (unpaired) electrons. The third kappa shape index (κ3) is 7.62. The second-order valence-electron chi connectivity index (χ2n) is 2.37. The molecule has 0 aliphatic rings. The molecule has 68 valence electrons. The van der Waals surface area contributed by atoms with Crippen molar-refractivity contribution >= 4 is 18.3 Å². The fraction of sp³-hybridized carbons (Fsp3) is 0.857. The highest BCUT2D eigenvalue weighted by molar-refractivity contribution is 5.85. The molecule has 1 N–H and O–H groups in total. The van der Waals surface area contributed by atoms with Crippen LogP contribution in [0.3, 0.4) is 0 Å². The predicted molar refractivity (Wildman–Crippen MR) is 46.9 cm³/mol. The first-order valence-corrected chi connectivity index (χ1v) is 3.51. The molecule has 3 nitrogen and oxygen atoms in total. The van der Waals surface area contributed by atoms with E-state index < -0.39 is 0 Å². The molecule has 0 unspecified atom stereocenters. The summed E-state index contributed by atoms with van der Waals surface area (Å²) in [6, 6.07) is 0. The summed E-state index contributed by atoms with van der Waals surface area (Å²) in [5.74, 6) is 0.0814. The molecule has 11 heavy (non-hydrogen) atoms. The number of nitrogens with zero attached hydrogens (tertiary/aromatic N) is 1. The lowest BCUT2D eigenvalue weighted by atomic mass is 10.3. The molecule has 0 atom stereocenters. The number of hydrogen-bond acceptors (Lipinski definition) is 2. The van der Waals surface area contributed by atoms with Crippen molar-refractivity contribution in [3.63, 3.8) is 0 Å². The van der Waals surface area contributed by atoms with E-state index in [-0.39, 0.29) is 24.9 Å². The fourth-order valence-electron chi connectivity index (χ4n) is 0.618. The lowest BCUT2D eigenvalue weighted by Crippen LogP contribution is -2.24. The highest BCUT2D eigenvalue weighted by Crippen LogP contribution is 1.91. The number of halogens is 1. The molecule has 0 aromatic carbocycles. The Bertz CT molecular complexity index is 109. The zero-order valence-electron chi connectivity index (χ0n) is 7.04. The van der Waals surface area contributed by atoms with Crippen LogP contribution in [0.5, 0.6) is 0 Å². The minimum Gasteiger partial charge on any atom is -0.396 e. The molecule has 0 aliphatic carbocycles. The van der Waals surface area contributed by atoms with E-state index in [1.165, 1.54) is 0 Å². The summed E-state index contributed by atoms with van der Waals surface area (Å²) in [4.78, 5) is 12.2. The number of aliphatic hydroxyl groups excluding tert-OH is 1. The molecule has 0 bridgehead atoms. The highest BCUT2D eigenvalue weighted by atomic mass is 35.5. The molecule has 4 heteroatoms. The molecule has 0 fully saturated rings. The van der Waals surface area contributed by atoms with Crippen LogP contribution in [0.2, 0.25) is 0 Å². The van der Waals surface area contributed by atoms with Gasteiger partial charge in [-0.15, -0.1) is 12.4 Å². The Hall–Kier alpha value is -0.280. The Morgan fingerprint density at radius 2 is 2.00 bits per heavy atom. The van der Waals surface area contributed by atoms with Gasteiger partial charge in [0.05, 0.1) is 0 Å². The van der Waals surface area contributed by atoms with Gasteiger partial charge in [0.1, 0.15) is 0 Å². The van der Waals surface area contributed by atoms with Gasteiger partial charge in [-0.3, -0.25) is 4.79 Å². The molecule has 0 rings (SSSR count). The van der Waals surface area contributed by atoms with E-state index in [0.29, 0.717) is 0 Å². The van der Waals surface area contributed by atoms with Gasteiger partial charge in [-0.05, 0) is 12.8 Å².